The zero-order valence-corrected chi connectivity index (χ0v) is 15.8. The summed E-state index contributed by atoms with van der Waals surface area (Å²) in [7, 11) is 0. The summed E-state index contributed by atoms with van der Waals surface area (Å²) < 4.78 is 4.14. The Morgan fingerprint density at radius 3 is 3.07 bits per heavy atom. The highest BCUT2D eigenvalue weighted by Gasteiger charge is 2.18. The Bertz CT molecular complexity index is 933. The van der Waals surface area contributed by atoms with Gasteiger partial charge in [-0.2, -0.15) is 0 Å². The van der Waals surface area contributed by atoms with E-state index in [9.17, 15) is 4.79 Å². The lowest BCUT2D eigenvalue weighted by Crippen LogP contribution is -2.27. The number of imidazole rings is 2. The van der Waals surface area contributed by atoms with Crippen molar-refractivity contribution in [1.82, 2.24) is 34.7 Å². The average Bonchev–Trinajstić information content (AvgIpc) is 3.25. The number of fused-ring (bicyclic) bond motifs is 2. The molecule has 1 aliphatic heterocycles. The van der Waals surface area contributed by atoms with Crippen molar-refractivity contribution in [2.24, 2.45) is 5.92 Å². The molecule has 1 amide bonds. The van der Waals surface area contributed by atoms with E-state index in [1.165, 1.54) is 0 Å². The van der Waals surface area contributed by atoms with Crippen molar-refractivity contribution < 1.29 is 4.79 Å². The largest absolute Gasteiger partial charge is 0.343 e. The normalized spacial score (nSPS) is 13.9. The van der Waals surface area contributed by atoms with Gasteiger partial charge in [0.2, 0.25) is 0 Å². The fourth-order valence-electron chi connectivity index (χ4n) is 3.31. The molecule has 142 valence electrons. The van der Waals surface area contributed by atoms with Gasteiger partial charge in [0.1, 0.15) is 22.9 Å². The van der Waals surface area contributed by atoms with Crippen molar-refractivity contribution in [3.63, 3.8) is 0 Å². The van der Waals surface area contributed by atoms with Crippen molar-refractivity contribution in [2.45, 2.75) is 46.4 Å². The molecule has 0 unspecified atom stereocenters. The lowest BCUT2D eigenvalue weighted by atomic mass is 10.1. The van der Waals surface area contributed by atoms with E-state index in [0.29, 0.717) is 24.7 Å². The number of aromatic nitrogens is 5. The first-order chi connectivity index (χ1) is 13.1. The average molecular weight is 367 g/mol. The number of nitrogens with zero attached hydrogens (tertiary/aromatic N) is 5. The maximum absolute atomic E-state index is 12.6. The predicted molar refractivity (Wildman–Crippen MR) is 102 cm³/mol. The smallest absolute Gasteiger partial charge is 0.271 e. The molecule has 4 heterocycles. The second kappa shape index (κ2) is 7.48. The Morgan fingerprint density at radius 2 is 2.26 bits per heavy atom. The van der Waals surface area contributed by atoms with E-state index < -0.39 is 0 Å². The van der Waals surface area contributed by atoms with Gasteiger partial charge in [-0.1, -0.05) is 13.8 Å². The van der Waals surface area contributed by atoms with Crippen molar-refractivity contribution in [2.75, 3.05) is 6.54 Å². The van der Waals surface area contributed by atoms with Crippen LogP contribution in [0.3, 0.4) is 0 Å². The van der Waals surface area contributed by atoms with Gasteiger partial charge in [-0.3, -0.25) is 4.79 Å². The van der Waals surface area contributed by atoms with Crippen LogP contribution in [-0.2, 0) is 26.2 Å². The number of hydrogen-bond acceptors (Lipinski definition) is 5. The van der Waals surface area contributed by atoms with Gasteiger partial charge in [0, 0.05) is 32.0 Å². The highest BCUT2D eigenvalue weighted by molar-refractivity contribution is 5.92. The van der Waals surface area contributed by atoms with Crippen LogP contribution in [0.4, 0.5) is 0 Å². The van der Waals surface area contributed by atoms with E-state index in [1.54, 1.807) is 6.20 Å². The Morgan fingerprint density at radius 1 is 1.37 bits per heavy atom. The number of carbonyl (C=O) groups excluding carboxylic acids is 1. The van der Waals surface area contributed by atoms with Crippen LogP contribution in [-0.4, -0.2) is 36.5 Å². The van der Waals surface area contributed by atoms with Crippen molar-refractivity contribution in [3.05, 3.63) is 41.9 Å². The van der Waals surface area contributed by atoms with Crippen LogP contribution in [0.2, 0.25) is 0 Å². The van der Waals surface area contributed by atoms with Crippen molar-refractivity contribution >= 4 is 17.1 Å². The highest BCUT2D eigenvalue weighted by atomic mass is 16.1. The zero-order chi connectivity index (χ0) is 18.8. The number of hydrogen-bond donors (Lipinski definition) is 2. The fraction of sp³-hybridized carbons (Fsp3) is 0.474. The molecule has 0 fully saturated rings. The topological polar surface area (TPSA) is 89.7 Å². The monoisotopic (exact) mass is 367 g/mol. The first kappa shape index (κ1) is 17.7. The summed E-state index contributed by atoms with van der Waals surface area (Å²) in [6.45, 7) is 8.02. The van der Waals surface area contributed by atoms with Crippen LogP contribution in [0.25, 0.3) is 11.2 Å². The third-order valence-electron chi connectivity index (χ3n) is 4.82. The molecular formula is C19H25N7O. The van der Waals surface area contributed by atoms with Gasteiger partial charge < -0.3 is 19.8 Å². The second-order valence-electron chi connectivity index (χ2n) is 7.30. The Balaban J connectivity index is 1.51. The Kier molecular flexibility index (Phi) is 4.89. The number of pyridine rings is 1. The molecule has 0 radical (unpaired) electrons. The molecule has 3 aromatic rings. The van der Waals surface area contributed by atoms with Gasteiger partial charge in [0.15, 0.2) is 5.65 Å². The lowest BCUT2D eigenvalue weighted by Gasteiger charge is -2.13. The van der Waals surface area contributed by atoms with Crippen LogP contribution < -0.4 is 10.6 Å². The molecule has 0 spiro atoms. The van der Waals surface area contributed by atoms with Gasteiger partial charge in [0.25, 0.3) is 5.91 Å². The summed E-state index contributed by atoms with van der Waals surface area (Å²) in [6, 6.07) is 3.84. The molecule has 8 heteroatoms. The first-order valence-corrected chi connectivity index (χ1v) is 9.47. The molecule has 4 rings (SSSR count). The number of carbonyl (C=O) groups is 1. The molecule has 0 bridgehead atoms. The van der Waals surface area contributed by atoms with Crippen LogP contribution >= 0.6 is 0 Å². The fourth-order valence-corrected chi connectivity index (χ4v) is 3.31. The second-order valence-corrected chi connectivity index (χ2v) is 7.30. The van der Waals surface area contributed by atoms with Crippen LogP contribution in [0.15, 0.2) is 24.5 Å². The summed E-state index contributed by atoms with van der Waals surface area (Å²) >= 11 is 0. The number of nitrogens with one attached hydrogen (secondary N) is 2. The standard InChI is InChI=1S/C19H25N7O/c1-13(2)5-8-26-17(23-14-4-3-6-21-18(14)26)11-22-19(27)15-12-25-9-7-20-10-16(25)24-15/h3-4,6,12-13,20H,5,7-11H2,1-2H3,(H,22,27). The summed E-state index contributed by atoms with van der Waals surface area (Å²) in [4.78, 5) is 26.2. The third-order valence-corrected chi connectivity index (χ3v) is 4.82. The molecule has 8 nitrogen and oxygen atoms in total. The SMILES string of the molecule is CC(C)CCn1c(CNC(=O)c2cn3c(n2)CNCC3)nc2cccnc21. The van der Waals surface area contributed by atoms with Crippen molar-refractivity contribution in [1.29, 1.82) is 0 Å². The molecule has 1 aliphatic rings. The van der Waals surface area contributed by atoms with Crippen LogP contribution in [0, 0.1) is 5.92 Å². The van der Waals surface area contributed by atoms with Crippen LogP contribution in [0.1, 0.15) is 42.4 Å². The minimum atomic E-state index is -0.174. The van der Waals surface area contributed by atoms with E-state index >= 15 is 0 Å². The van der Waals surface area contributed by atoms with E-state index in [0.717, 1.165) is 48.9 Å². The molecule has 27 heavy (non-hydrogen) atoms. The van der Waals surface area contributed by atoms with Gasteiger partial charge in [-0.25, -0.2) is 15.0 Å². The van der Waals surface area contributed by atoms with E-state index in [-0.39, 0.29) is 5.91 Å². The highest BCUT2D eigenvalue weighted by Crippen LogP contribution is 2.16. The maximum Gasteiger partial charge on any atom is 0.271 e. The quantitative estimate of drug-likeness (QED) is 0.692. The molecule has 0 aromatic carbocycles. The molecule has 0 saturated heterocycles. The number of amides is 1. The molecule has 3 aromatic heterocycles. The zero-order valence-electron chi connectivity index (χ0n) is 15.8. The summed E-state index contributed by atoms with van der Waals surface area (Å²) in [6.07, 6.45) is 4.64. The lowest BCUT2D eigenvalue weighted by molar-refractivity contribution is 0.0944. The molecule has 0 aliphatic carbocycles. The number of aryl methyl sites for hydroxylation is 1. The predicted octanol–water partition coefficient (Wildman–Crippen LogP) is 1.71. The number of rotatable bonds is 6. The van der Waals surface area contributed by atoms with Crippen molar-refractivity contribution in [3.8, 4) is 0 Å². The van der Waals surface area contributed by atoms with Gasteiger partial charge in [-0.15, -0.1) is 0 Å². The summed E-state index contributed by atoms with van der Waals surface area (Å²) in [5.74, 6) is 2.13. The molecule has 0 atom stereocenters. The van der Waals surface area contributed by atoms with Crippen LogP contribution in [0.5, 0.6) is 0 Å². The minimum absolute atomic E-state index is 0.174. The van der Waals surface area contributed by atoms with Gasteiger partial charge in [0.05, 0.1) is 13.1 Å². The summed E-state index contributed by atoms with van der Waals surface area (Å²) in [5.41, 5.74) is 2.18. The van der Waals surface area contributed by atoms with E-state index in [2.05, 4.69) is 44.0 Å². The molecular weight excluding hydrogens is 342 g/mol. The Labute approximate surface area is 158 Å². The maximum atomic E-state index is 12.6. The summed E-state index contributed by atoms with van der Waals surface area (Å²) in [5, 5.41) is 6.23. The third kappa shape index (κ3) is 3.71. The van der Waals surface area contributed by atoms with Gasteiger partial charge in [-0.05, 0) is 24.5 Å². The van der Waals surface area contributed by atoms with E-state index in [1.807, 2.05) is 22.9 Å². The molecule has 0 saturated carbocycles. The minimum Gasteiger partial charge on any atom is -0.343 e. The first-order valence-electron chi connectivity index (χ1n) is 9.47. The van der Waals surface area contributed by atoms with Gasteiger partial charge >= 0.3 is 0 Å². The molecule has 2 N–H and O–H groups in total. The van der Waals surface area contributed by atoms with E-state index in [4.69, 9.17) is 0 Å². The Hall–Kier alpha value is -2.74.